The fraction of sp³-hybridized carbons (Fsp3) is 0.692. The Kier molecular flexibility index (Phi) is 3.59. The summed E-state index contributed by atoms with van der Waals surface area (Å²) in [6, 6.07) is 0. The SMILES string of the molecule is CCn1nc(C)c2c1NCC(CC(C)C)C(=O)N2. The number of carbonyl (C=O) groups excluding carboxylic acids is 1. The molecule has 1 unspecified atom stereocenters. The van der Waals surface area contributed by atoms with Crippen molar-refractivity contribution in [3.63, 3.8) is 0 Å². The zero-order valence-electron chi connectivity index (χ0n) is 11.6. The molecule has 1 amide bonds. The fourth-order valence-corrected chi connectivity index (χ4v) is 2.44. The molecule has 0 radical (unpaired) electrons. The van der Waals surface area contributed by atoms with E-state index in [1.54, 1.807) is 0 Å². The molecule has 0 fully saturated rings. The molecule has 1 aliphatic rings. The Morgan fingerprint density at radius 1 is 1.50 bits per heavy atom. The molecule has 18 heavy (non-hydrogen) atoms. The van der Waals surface area contributed by atoms with Gasteiger partial charge in [-0.15, -0.1) is 0 Å². The molecule has 0 spiro atoms. The van der Waals surface area contributed by atoms with Crippen LogP contribution >= 0.6 is 0 Å². The number of aryl methyl sites for hydroxylation is 2. The van der Waals surface area contributed by atoms with E-state index in [4.69, 9.17) is 0 Å². The smallest absolute Gasteiger partial charge is 0.229 e. The maximum atomic E-state index is 12.2. The molecule has 2 rings (SSSR count). The topological polar surface area (TPSA) is 59.0 Å². The molecule has 1 atom stereocenters. The minimum Gasteiger partial charge on any atom is -0.368 e. The number of amides is 1. The number of fused-ring (bicyclic) bond motifs is 1. The number of carbonyl (C=O) groups is 1. The second-order valence-electron chi connectivity index (χ2n) is 5.32. The molecule has 100 valence electrons. The van der Waals surface area contributed by atoms with Gasteiger partial charge in [0.05, 0.1) is 11.6 Å². The van der Waals surface area contributed by atoms with Crippen LogP contribution in [0.15, 0.2) is 0 Å². The number of aromatic nitrogens is 2. The van der Waals surface area contributed by atoms with Crippen LogP contribution < -0.4 is 10.6 Å². The minimum absolute atomic E-state index is 0.0297. The van der Waals surface area contributed by atoms with Gasteiger partial charge in [-0.2, -0.15) is 5.10 Å². The second kappa shape index (κ2) is 5.00. The first kappa shape index (κ1) is 12.9. The van der Waals surface area contributed by atoms with Crippen LogP contribution in [0, 0.1) is 18.8 Å². The molecule has 5 heteroatoms. The van der Waals surface area contributed by atoms with Crippen molar-refractivity contribution in [2.45, 2.75) is 40.7 Å². The van der Waals surface area contributed by atoms with Gasteiger partial charge >= 0.3 is 0 Å². The summed E-state index contributed by atoms with van der Waals surface area (Å²) < 4.78 is 1.91. The lowest BCUT2D eigenvalue weighted by Gasteiger charge is -2.15. The molecule has 1 aromatic rings. The van der Waals surface area contributed by atoms with E-state index in [0.717, 1.165) is 30.2 Å². The van der Waals surface area contributed by atoms with Gasteiger partial charge in [-0.25, -0.2) is 4.68 Å². The van der Waals surface area contributed by atoms with Gasteiger partial charge in [0.1, 0.15) is 11.5 Å². The van der Waals surface area contributed by atoms with Gasteiger partial charge in [0.25, 0.3) is 0 Å². The lowest BCUT2D eigenvalue weighted by molar-refractivity contribution is -0.119. The third-order valence-corrected chi connectivity index (χ3v) is 3.32. The van der Waals surface area contributed by atoms with E-state index < -0.39 is 0 Å². The van der Waals surface area contributed by atoms with Gasteiger partial charge in [-0.1, -0.05) is 13.8 Å². The Morgan fingerprint density at radius 2 is 2.22 bits per heavy atom. The van der Waals surface area contributed by atoms with Crippen molar-refractivity contribution in [3.05, 3.63) is 5.69 Å². The molecule has 1 aliphatic heterocycles. The second-order valence-corrected chi connectivity index (χ2v) is 5.32. The van der Waals surface area contributed by atoms with E-state index in [-0.39, 0.29) is 11.8 Å². The summed E-state index contributed by atoms with van der Waals surface area (Å²) in [7, 11) is 0. The van der Waals surface area contributed by atoms with Crippen LogP contribution in [0.25, 0.3) is 0 Å². The minimum atomic E-state index is 0.0297. The van der Waals surface area contributed by atoms with Crippen LogP contribution in [0.4, 0.5) is 11.5 Å². The van der Waals surface area contributed by atoms with Gasteiger partial charge in [0.15, 0.2) is 0 Å². The highest BCUT2D eigenvalue weighted by molar-refractivity contribution is 5.97. The average Bonchev–Trinajstić information content (AvgIpc) is 2.50. The van der Waals surface area contributed by atoms with Crippen LogP contribution in [0.3, 0.4) is 0 Å². The quantitative estimate of drug-likeness (QED) is 0.865. The molecule has 1 aromatic heterocycles. The van der Waals surface area contributed by atoms with Gasteiger partial charge in [-0.05, 0) is 26.2 Å². The molecule has 2 heterocycles. The predicted octanol–water partition coefficient (Wildman–Crippen LogP) is 2.24. The maximum absolute atomic E-state index is 12.2. The van der Waals surface area contributed by atoms with Crippen molar-refractivity contribution in [1.29, 1.82) is 0 Å². The highest BCUT2D eigenvalue weighted by Gasteiger charge is 2.27. The summed E-state index contributed by atoms with van der Waals surface area (Å²) in [5.74, 6) is 1.60. The monoisotopic (exact) mass is 250 g/mol. The summed E-state index contributed by atoms with van der Waals surface area (Å²) in [5, 5.41) is 10.8. The zero-order valence-corrected chi connectivity index (χ0v) is 11.6. The standard InChI is InChI=1S/C13H22N4O/c1-5-17-12-11(9(4)16-17)15-13(18)10(7-14-12)6-8(2)3/h8,10,14H,5-7H2,1-4H3,(H,15,18). The van der Waals surface area contributed by atoms with Gasteiger partial charge in [0, 0.05) is 13.1 Å². The van der Waals surface area contributed by atoms with Crippen molar-refractivity contribution in [2.75, 3.05) is 17.2 Å². The molecule has 0 aromatic carbocycles. The Balaban J connectivity index is 2.25. The summed E-state index contributed by atoms with van der Waals surface area (Å²) in [4.78, 5) is 12.2. The van der Waals surface area contributed by atoms with E-state index in [9.17, 15) is 4.79 Å². The number of nitrogens with zero attached hydrogens (tertiary/aromatic N) is 2. The molecular weight excluding hydrogens is 228 g/mol. The first-order valence-corrected chi connectivity index (χ1v) is 6.65. The number of hydrogen-bond acceptors (Lipinski definition) is 3. The van der Waals surface area contributed by atoms with E-state index in [2.05, 4.69) is 29.6 Å². The van der Waals surface area contributed by atoms with E-state index in [0.29, 0.717) is 12.5 Å². The lowest BCUT2D eigenvalue weighted by atomic mass is 9.96. The summed E-state index contributed by atoms with van der Waals surface area (Å²) in [6.07, 6.45) is 0.904. The van der Waals surface area contributed by atoms with Gasteiger partial charge in [-0.3, -0.25) is 4.79 Å². The Labute approximate surface area is 108 Å². The van der Waals surface area contributed by atoms with E-state index in [1.807, 2.05) is 18.5 Å². The zero-order chi connectivity index (χ0) is 13.3. The molecular formula is C13H22N4O. The first-order valence-electron chi connectivity index (χ1n) is 6.65. The van der Waals surface area contributed by atoms with Crippen molar-refractivity contribution in [2.24, 2.45) is 11.8 Å². The third-order valence-electron chi connectivity index (χ3n) is 3.32. The van der Waals surface area contributed by atoms with Crippen LogP contribution in [0.5, 0.6) is 0 Å². The molecule has 0 saturated carbocycles. The van der Waals surface area contributed by atoms with Gasteiger partial charge < -0.3 is 10.6 Å². The van der Waals surface area contributed by atoms with Crippen molar-refractivity contribution in [1.82, 2.24) is 9.78 Å². The first-order chi connectivity index (χ1) is 8.52. The molecule has 0 saturated heterocycles. The van der Waals surface area contributed by atoms with E-state index >= 15 is 0 Å². The molecule has 0 aliphatic carbocycles. The average molecular weight is 250 g/mol. The van der Waals surface area contributed by atoms with Crippen LogP contribution in [-0.2, 0) is 11.3 Å². The van der Waals surface area contributed by atoms with Crippen LogP contribution in [0.1, 0.15) is 32.9 Å². The molecule has 2 N–H and O–H groups in total. The molecule has 0 bridgehead atoms. The van der Waals surface area contributed by atoms with Crippen molar-refractivity contribution >= 4 is 17.4 Å². The van der Waals surface area contributed by atoms with E-state index in [1.165, 1.54) is 0 Å². The van der Waals surface area contributed by atoms with Crippen LogP contribution in [-0.4, -0.2) is 22.2 Å². The number of anilines is 2. The largest absolute Gasteiger partial charge is 0.368 e. The number of rotatable bonds is 3. The van der Waals surface area contributed by atoms with Crippen LogP contribution in [0.2, 0.25) is 0 Å². The number of hydrogen-bond donors (Lipinski definition) is 2. The summed E-state index contributed by atoms with van der Waals surface area (Å²) in [6.45, 7) is 9.74. The predicted molar refractivity (Wildman–Crippen MR) is 72.7 cm³/mol. The van der Waals surface area contributed by atoms with Gasteiger partial charge in [0.2, 0.25) is 5.91 Å². The lowest BCUT2D eigenvalue weighted by Crippen LogP contribution is -2.27. The normalized spacial score (nSPS) is 19.2. The highest BCUT2D eigenvalue weighted by atomic mass is 16.2. The molecule has 5 nitrogen and oxygen atoms in total. The Bertz CT molecular complexity index is 450. The Hall–Kier alpha value is -1.52. The number of nitrogens with one attached hydrogen (secondary N) is 2. The highest BCUT2D eigenvalue weighted by Crippen LogP contribution is 2.30. The summed E-state index contributed by atoms with van der Waals surface area (Å²) >= 11 is 0. The van der Waals surface area contributed by atoms with Crippen molar-refractivity contribution in [3.8, 4) is 0 Å². The van der Waals surface area contributed by atoms with Crippen molar-refractivity contribution < 1.29 is 4.79 Å². The Morgan fingerprint density at radius 3 is 2.83 bits per heavy atom. The summed E-state index contributed by atoms with van der Waals surface area (Å²) in [5.41, 5.74) is 1.71. The third kappa shape index (κ3) is 2.35. The maximum Gasteiger partial charge on any atom is 0.229 e. The fourth-order valence-electron chi connectivity index (χ4n) is 2.44.